The van der Waals surface area contributed by atoms with Crippen molar-refractivity contribution in [3.8, 4) is 0 Å². The van der Waals surface area contributed by atoms with Gasteiger partial charge in [-0.3, -0.25) is 4.79 Å². The van der Waals surface area contributed by atoms with Crippen LogP contribution in [0.5, 0.6) is 0 Å². The molecule has 98 valence electrons. The van der Waals surface area contributed by atoms with Crippen LogP contribution in [-0.4, -0.2) is 10.9 Å². The maximum absolute atomic E-state index is 13.3. The molecule has 0 unspecified atom stereocenters. The summed E-state index contributed by atoms with van der Waals surface area (Å²) >= 11 is 11.5. The van der Waals surface area contributed by atoms with Crippen LogP contribution < -0.4 is 5.32 Å². The first-order chi connectivity index (χ1) is 8.97. The molecule has 0 saturated heterocycles. The molecule has 1 amide bonds. The van der Waals surface area contributed by atoms with Gasteiger partial charge in [0, 0.05) is 5.56 Å². The molecule has 0 spiro atoms. The summed E-state index contributed by atoms with van der Waals surface area (Å²) < 4.78 is 25.9. The number of aromatic nitrogens is 1. The van der Waals surface area contributed by atoms with E-state index in [2.05, 4.69) is 10.3 Å². The highest BCUT2D eigenvalue weighted by atomic mass is 35.5. The lowest BCUT2D eigenvalue weighted by molar-refractivity contribution is 0.102. The molecule has 0 aliphatic rings. The predicted octanol–water partition coefficient (Wildman–Crippen LogP) is 3.92. The fourth-order valence-electron chi connectivity index (χ4n) is 1.34. The van der Waals surface area contributed by atoms with Gasteiger partial charge in [0.1, 0.15) is 0 Å². The van der Waals surface area contributed by atoms with Gasteiger partial charge < -0.3 is 5.32 Å². The minimum atomic E-state index is -1.10. The van der Waals surface area contributed by atoms with E-state index in [0.29, 0.717) is 5.02 Å². The summed E-state index contributed by atoms with van der Waals surface area (Å²) in [6.45, 7) is 0. The quantitative estimate of drug-likeness (QED) is 0.854. The second-order valence-corrected chi connectivity index (χ2v) is 4.37. The number of rotatable bonds is 2. The highest BCUT2D eigenvalue weighted by Gasteiger charge is 2.12. The molecule has 1 N–H and O–H groups in total. The topological polar surface area (TPSA) is 42.0 Å². The van der Waals surface area contributed by atoms with E-state index < -0.39 is 17.8 Å². The molecule has 0 aliphatic heterocycles. The lowest BCUT2D eigenvalue weighted by atomic mass is 10.2. The Bertz CT molecular complexity index is 650. The summed E-state index contributed by atoms with van der Waals surface area (Å²) in [6.07, 6.45) is 0. The molecule has 1 aromatic heterocycles. The van der Waals surface area contributed by atoms with E-state index in [9.17, 15) is 13.6 Å². The van der Waals surface area contributed by atoms with Crippen LogP contribution in [0, 0.1) is 11.9 Å². The molecule has 3 nitrogen and oxygen atoms in total. The number of carbonyl (C=O) groups is 1. The summed E-state index contributed by atoms with van der Waals surface area (Å²) in [5.41, 5.74) is -0.0319. The zero-order valence-electron chi connectivity index (χ0n) is 9.25. The van der Waals surface area contributed by atoms with Crippen LogP contribution >= 0.6 is 23.2 Å². The van der Waals surface area contributed by atoms with Crippen molar-refractivity contribution in [3.63, 3.8) is 0 Å². The number of nitrogens with zero attached hydrogens (tertiary/aromatic N) is 1. The molecule has 0 fully saturated rings. The third kappa shape index (κ3) is 3.19. The van der Waals surface area contributed by atoms with Gasteiger partial charge in [-0.2, -0.15) is 13.8 Å². The molecular weight excluding hydrogens is 297 g/mol. The molecular formula is C12H6Cl2F2N2O. The first-order valence-electron chi connectivity index (χ1n) is 5.06. The van der Waals surface area contributed by atoms with Crippen molar-refractivity contribution in [1.82, 2.24) is 4.98 Å². The Morgan fingerprint density at radius 1 is 1.11 bits per heavy atom. The van der Waals surface area contributed by atoms with Crippen molar-refractivity contribution >= 4 is 34.8 Å². The van der Waals surface area contributed by atoms with Crippen LogP contribution in [-0.2, 0) is 0 Å². The summed E-state index contributed by atoms with van der Waals surface area (Å²) in [5.74, 6) is -2.68. The number of hydrogen-bond acceptors (Lipinski definition) is 2. The molecule has 19 heavy (non-hydrogen) atoms. The van der Waals surface area contributed by atoms with Gasteiger partial charge in [-0.25, -0.2) is 0 Å². The van der Waals surface area contributed by atoms with Gasteiger partial charge in [0.05, 0.1) is 15.7 Å². The minimum absolute atomic E-state index is 0.193. The number of pyridine rings is 1. The predicted molar refractivity (Wildman–Crippen MR) is 68.6 cm³/mol. The molecule has 7 heteroatoms. The van der Waals surface area contributed by atoms with Crippen LogP contribution in [0.3, 0.4) is 0 Å². The Hall–Kier alpha value is -1.72. The molecule has 2 aromatic rings. The van der Waals surface area contributed by atoms with Crippen LogP contribution in [0.4, 0.5) is 14.5 Å². The highest BCUT2D eigenvalue weighted by Crippen LogP contribution is 2.23. The van der Waals surface area contributed by atoms with E-state index >= 15 is 0 Å². The van der Waals surface area contributed by atoms with Gasteiger partial charge >= 0.3 is 0 Å². The molecule has 0 aliphatic carbocycles. The van der Waals surface area contributed by atoms with Gasteiger partial charge in [-0.05, 0) is 30.3 Å². The fourth-order valence-corrected chi connectivity index (χ4v) is 1.64. The van der Waals surface area contributed by atoms with Crippen molar-refractivity contribution in [2.75, 3.05) is 5.32 Å². The van der Waals surface area contributed by atoms with E-state index in [1.807, 2.05) is 0 Å². The average Bonchev–Trinajstić information content (AvgIpc) is 2.36. The van der Waals surface area contributed by atoms with Crippen molar-refractivity contribution < 1.29 is 13.6 Å². The van der Waals surface area contributed by atoms with Crippen LogP contribution in [0.2, 0.25) is 10.0 Å². The highest BCUT2D eigenvalue weighted by molar-refractivity contribution is 6.42. The average molecular weight is 303 g/mol. The van der Waals surface area contributed by atoms with Crippen molar-refractivity contribution in [2.24, 2.45) is 0 Å². The third-order valence-electron chi connectivity index (χ3n) is 2.24. The molecule has 0 atom stereocenters. The second kappa shape index (κ2) is 5.50. The first-order valence-corrected chi connectivity index (χ1v) is 5.81. The monoisotopic (exact) mass is 302 g/mol. The number of carbonyl (C=O) groups excluding carboxylic acids is 1. The van der Waals surface area contributed by atoms with Crippen molar-refractivity contribution in [3.05, 3.63) is 57.8 Å². The summed E-state index contributed by atoms with van der Waals surface area (Å²) in [7, 11) is 0. The lowest BCUT2D eigenvalue weighted by Gasteiger charge is -2.06. The Labute approximate surface area is 117 Å². The fraction of sp³-hybridized carbons (Fsp3) is 0. The van der Waals surface area contributed by atoms with E-state index in [1.54, 1.807) is 0 Å². The molecule has 1 aromatic carbocycles. The van der Waals surface area contributed by atoms with Crippen LogP contribution in [0.25, 0.3) is 0 Å². The van der Waals surface area contributed by atoms with Crippen LogP contribution in [0.15, 0.2) is 30.3 Å². The zero-order valence-corrected chi connectivity index (χ0v) is 10.8. The molecule has 0 saturated carbocycles. The van der Waals surface area contributed by atoms with Gasteiger partial charge in [-0.15, -0.1) is 0 Å². The number of anilines is 1. The van der Waals surface area contributed by atoms with Gasteiger partial charge in [0.15, 0.2) is 0 Å². The van der Waals surface area contributed by atoms with E-state index in [1.165, 1.54) is 18.2 Å². The molecule has 0 radical (unpaired) electrons. The SMILES string of the molecule is O=C(Nc1ccc(F)nc1F)c1ccc(Cl)c(Cl)c1. The minimum Gasteiger partial charge on any atom is -0.318 e. The number of nitrogens with one attached hydrogen (secondary N) is 1. The molecule has 1 heterocycles. The number of halogens is 4. The molecule has 2 rings (SSSR count). The number of amides is 1. The lowest BCUT2D eigenvalue weighted by Crippen LogP contribution is -2.13. The number of hydrogen-bond donors (Lipinski definition) is 1. The maximum Gasteiger partial charge on any atom is 0.255 e. The normalized spacial score (nSPS) is 10.3. The van der Waals surface area contributed by atoms with E-state index in [4.69, 9.17) is 23.2 Å². The zero-order chi connectivity index (χ0) is 14.0. The maximum atomic E-state index is 13.3. The Morgan fingerprint density at radius 3 is 2.47 bits per heavy atom. The summed E-state index contributed by atoms with van der Waals surface area (Å²) in [6, 6.07) is 6.23. The van der Waals surface area contributed by atoms with E-state index in [-0.39, 0.29) is 16.3 Å². The Morgan fingerprint density at radius 2 is 1.84 bits per heavy atom. The van der Waals surface area contributed by atoms with Gasteiger partial charge in [0.2, 0.25) is 11.9 Å². The molecule has 0 bridgehead atoms. The Kier molecular flexibility index (Phi) is 3.97. The largest absolute Gasteiger partial charge is 0.318 e. The summed E-state index contributed by atoms with van der Waals surface area (Å²) in [4.78, 5) is 14.8. The second-order valence-electron chi connectivity index (χ2n) is 3.56. The smallest absolute Gasteiger partial charge is 0.255 e. The van der Waals surface area contributed by atoms with Crippen molar-refractivity contribution in [1.29, 1.82) is 0 Å². The van der Waals surface area contributed by atoms with Crippen molar-refractivity contribution in [2.45, 2.75) is 0 Å². The van der Waals surface area contributed by atoms with Gasteiger partial charge in [-0.1, -0.05) is 23.2 Å². The first kappa shape index (κ1) is 13.7. The standard InChI is InChI=1S/C12H6Cl2F2N2O/c13-7-2-1-6(5-8(7)14)12(19)17-9-3-4-10(15)18-11(9)16/h1-5H,(H,17,19). The van der Waals surface area contributed by atoms with E-state index in [0.717, 1.165) is 12.1 Å². The number of benzene rings is 1. The third-order valence-corrected chi connectivity index (χ3v) is 2.98. The van der Waals surface area contributed by atoms with Gasteiger partial charge in [0.25, 0.3) is 5.91 Å². The Balaban J connectivity index is 2.23. The van der Waals surface area contributed by atoms with Crippen LogP contribution in [0.1, 0.15) is 10.4 Å². The summed E-state index contributed by atoms with van der Waals surface area (Å²) in [5, 5.41) is 2.76.